The van der Waals surface area contributed by atoms with Gasteiger partial charge in [0.25, 0.3) is 0 Å². The molecule has 1 aromatic carbocycles. The molecule has 0 saturated heterocycles. The van der Waals surface area contributed by atoms with E-state index in [9.17, 15) is 0 Å². The van der Waals surface area contributed by atoms with Crippen LogP contribution in [0.25, 0.3) is 6.08 Å². The molecule has 0 aliphatic rings. The average molecular weight is 347 g/mol. The number of hydrogen-bond acceptors (Lipinski definition) is 2. The summed E-state index contributed by atoms with van der Waals surface area (Å²) in [5, 5.41) is 4.12. The molecule has 0 saturated carbocycles. The van der Waals surface area contributed by atoms with Gasteiger partial charge in [-0.1, -0.05) is 43.2 Å². The second-order valence-corrected chi connectivity index (χ2v) is 5.98. The first-order chi connectivity index (χ1) is 9.04. The zero-order valence-electron chi connectivity index (χ0n) is 11.7. The lowest BCUT2D eigenvalue weighted by Gasteiger charge is -2.13. The van der Waals surface area contributed by atoms with Gasteiger partial charge in [0.2, 0.25) is 0 Å². The SMILES string of the molecule is COCCNC/C(=C/c1ccc(Cl)c(Br)c1)C(C)C. The van der Waals surface area contributed by atoms with E-state index >= 15 is 0 Å². The van der Waals surface area contributed by atoms with Gasteiger partial charge in [-0.05, 0) is 39.5 Å². The van der Waals surface area contributed by atoms with Crippen LogP contribution in [0.1, 0.15) is 19.4 Å². The van der Waals surface area contributed by atoms with Crippen molar-refractivity contribution in [2.75, 3.05) is 26.8 Å². The van der Waals surface area contributed by atoms with E-state index in [1.165, 1.54) is 5.57 Å². The predicted octanol–water partition coefficient (Wildman–Crippen LogP) is 4.38. The third kappa shape index (κ3) is 6.09. The van der Waals surface area contributed by atoms with Crippen LogP contribution < -0.4 is 5.32 Å². The van der Waals surface area contributed by atoms with Crippen LogP contribution in [0.5, 0.6) is 0 Å². The molecular weight excluding hydrogens is 326 g/mol. The molecule has 0 aromatic heterocycles. The Morgan fingerprint density at radius 1 is 1.47 bits per heavy atom. The zero-order chi connectivity index (χ0) is 14.3. The maximum atomic E-state index is 6.00. The van der Waals surface area contributed by atoms with Gasteiger partial charge in [-0.25, -0.2) is 0 Å². The molecular formula is C15H21BrClNO. The van der Waals surface area contributed by atoms with Crippen LogP contribution in [0.15, 0.2) is 28.2 Å². The van der Waals surface area contributed by atoms with Crippen molar-refractivity contribution in [3.05, 3.63) is 38.8 Å². The van der Waals surface area contributed by atoms with E-state index < -0.39 is 0 Å². The second-order valence-electron chi connectivity index (χ2n) is 4.72. The molecule has 1 aromatic rings. The number of halogens is 2. The highest BCUT2D eigenvalue weighted by atomic mass is 79.9. The quantitative estimate of drug-likeness (QED) is 0.740. The Morgan fingerprint density at radius 2 is 2.21 bits per heavy atom. The van der Waals surface area contributed by atoms with E-state index in [2.05, 4.69) is 41.2 Å². The molecule has 4 heteroatoms. The molecule has 106 valence electrons. The van der Waals surface area contributed by atoms with Crippen LogP contribution in [-0.4, -0.2) is 26.8 Å². The number of benzene rings is 1. The summed E-state index contributed by atoms with van der Waals surface area (Å²) in [5.41, 5.74) is 2.53. The minimum atomic E-state index is 0.504. The summed E-state index contributed by atoms with van der Waals surface area (Å²) in [6.07, 6.45) is 2.21. The molecule has 0 fully saturated rings. The zero-order valence-corrected chi connectivity index (χ0v) is 14.0. The number of methoxy groups -OCH3 is 1. The smallest absolute Gasteiger partial charge is 0.0587 e. The highest BCUT2D eigenvalue weighted by molar-refractivity contribution is 9.10. The summed E-state index contributed by atoms with van der Waals surface area (Å²) in [4.78, 5) is 0. The summed E-state index contributed by atoms with van der Waals surface area (Å²) in [5.74, 6) is 0.504. The van der Waals surface area contributed by atoms with Crippen LogP contribution in [0, 0.1) is 5.92 Å². The lowest BCUT2D eigenvalue weighted by Crippen LogP contribution is -2.23. The highest BCUT2D eigenvalue weighted by Crippen LogP contribution is 2.25. The molecule has 0 aliphatic heterocycles. The molecule has 2 nitrogen and oxygen atoms in total. The van der Waals surface area contributed by atoms with Gasteiger partial charge < -0.3 is 10.1 Å². The van der Waals surface area contributed by atoms with Crippen molar-refractivity contribution in [2.24, 2.45) is 5.92 Å². The third-order valence-electron chi connectivity index (χ3n) is 2.85. The van der Waals surface area contributed by atoms with Crippen LogP contribution in [-0.2, 0) is 4.74 Å². The van der Waals surface area contributed by atoms with Gasteiger partial charge in [-0.3, -0.25) is 0 Å². The molecule has 0 radical (unpaired) electrons. The van der Waals surface area contributed by atoms with E-state index in [-0.39, 0.29) is 0 Å². The monoisotopic (exact) mass is 345 g/mol. The van der Waals surface area contributed by atoms with Crippen LogP contribution in [0.2, 0.25) is 5.02 Å². The molecule has 0 aliphatic carbocycles. The van der Waals surface area contributed by atoms with Crippen LogP contribution >= 0.6 is 27.5 Å². The lowest BCUT2D eigenvalue weighted by molar-refractivity contribution is 0.200. The van der Waals surface area contributed by atoms with Crippen molar-refractivity contribution in [2.45, 2.75) is 13.8 Å². The predicted molar refractivity (Wildman–Crippen MR) is 86.7 cm³/mol. The Labute approximate surface area is 129 Å². The molecule has 19 heavy (non-hydrogen) atoms. The lowest BCUT2D eigenvalue weighted by atomic mass is 10.0. The summed E-state index contributed by atoms with van der Waals surface area (Å²) >= 11 is 9.46. The molecule has 1 N–H and O–H groups in total. The van der Waals surface area contributed by atoms with Crippen molar-refractivity contribution < 1.29 is 4.74 Å². The van der Waals surface area contributed by atoms with E-state index in [0.29, 0.717) is 5.92 Å². The summed E-state index contributed by atoms with van der Waals surface area (Å²) in [7, 11) is 1.71. The maximum Gasteiger partial charge on any atom is 0.0587 e. The fourth-order valence-electron chi connectivity index (χ4n) is 1.65. The Kier molecular flexibility index (Phi) is 7.69. The molecule has 0 unspecified atom stereocenters. The molecule has 1 rings (SSSR count). The van der Waals surface area contributed by atoms with E-state index in [1.54, 1.807) is 7.11 Å². The van der Waals surface area contributed by atoms with E-state index in [1.807, 2.05) is 18.2 Å². The van der Waals surface area contributed by atoms with Gasteiger partial charge in [0.1, 0.15) is 0 Å². The van der Waals surface area contributed by atoms with Gasteiger partial charge >= 0.3 is 0 Å². The summed E-state index contributed by atoms with van der Waals surface area (Å²) in [6, 6.07) is 5.98. The molecule has 0 atom stereocenters. The van der Waals surface area contributed by atoms with Crippen LogP contribution in [0.3, 0.4) is 0 Å². The molecule has 0 amide bonds. The highest BCUT2D eigenvalue weighted by Gasteiger charge is 2.04. The van der Waals surface area contributed by atoms with Gasteiger partial charge in [-0.15, -0.1) is 0 Å². The van der Waals surface area contributed by atoms with E-state index in [4.69, 9.17) is 16.3 Å². The molecule has 0 heterocycles. The van der Waals surface area contributed by atoms with Crippen molar-refractivity contribution in [1.82, 2.24) is 5.32 Å². The third-order valence-corrected chi connectivity index (χ3v) is 4.06. The van der Waals surface area contributed by atoms with Crippen molar-refractivity contribution in [3.8, 4) is 0 Å². The van der Waals surface area contributed by atoms with Crippen molar-refractivity contribution in [3.63, 3.8) is 0 Å². The number of ether oxygens (including phenoxy) is 1. The standard InChI is InChI=1S/C15H21BrClNO/c1-11(2)13(10-18-6-7-19-3)8-12-4-5-15(17)14(16)9-12/h4-5,8-9,11,18H,6-7,10H2,1-3H3/b13-8-. The van der Waals surface area contributed by atoms with Crippen molar-refractivity contribution >= 4 is 33.6 Å². The summed E-state index contributed by atoms with van der Waals surface area (Å²) in [6.45, 7) is 6.88. The Morgan fingerprint density at radius 3 is 2.79 bits per heavy atom. The van der Waals surface area contributed by atoms with Crippen molar-refractivity contribution in [1.29, 1.82) is 0 Å². The number of nitrogens with one attached hydrogen (secondary N) is 1. The topological polar surface area (TPSA) is 21.3 Å². The fourth-order valence-corrected chi connectivity index (χ4v) is 2.16. The normalized spacial score (nSPS) is 12.2. The Hall–Kier alpha value is -0.350. The van der Waals surface area contributed by atoms with E-state index in [0.717, 1.165) is 34.8 Å². The molecule has 0 bridgehead atoms. The van der Waals surface area contributed by atoms with Gasteiger partial charge in [0, 0.05) is 24.7 Å². The first kappa shape index (κ1) is 16.7. The van der Waals surface area contributed by atoms with Gasteiger partial charge in [-0.2, -0.15) is 0 Å². The minimum absolute atomic E-state index is 0.504. The average Bonchev–Trinajstić information content (AvgIpc) is 2.37. The minimum Gasteiger partial charge on any atom is -0.383 e. The largest absolute Gasteiger partial charge is 0.383 e. The van der Waals surface area contributed by atoms with Crippen LogP contribution in [0.4, 0.5) is 0 Å². The number of rotatable bonds is 7. The fraction of sp³-hybridized carbons (Fsp3) is 0.467. The van der Waals surface area contributed by atoms with Gasteiger partial charge in [0.15, 0.2) is 0 Å². The molecule has 0 spiro atoms. The first-order valence-electron chi connectivity index (χ1n) is 6.39. The Bertz CT molecular complexity index is 432. The van der Waals surface area contributed by atoms with Gasteiger partial charge in [0.05, 0.1) is 11.6 Å². The maximum absolute atomic E-state index is 6.00. The number of hydrogen-bond donors (Lipinski definition) is 1. The second kappa shape index (κ2) is 8.75. The summed E-state index contributed by atoms with van der Waals surface area (Å²) < 4.78 is 5.96. The Balaban J connectivity index is 2.73. The first-order valence-corrected chi connectivity index (χ1v) is 7.57.